The van der Waals surface area contributed by atoms with E-state index in [9.17, 15) is 0 Å². The molecule has 0 fully saturated rings. The highest BCUT2D eigenvalue weighted by Gasteiger charge is 2.16. The van der Waals surface area contributed by atoms with Crippen LogP contribution in [0.3, 0.4) is 0 Å². The Bertz CT molecular complexity index is 568. The first-order valence-electron chi connectivity index (χ1n) is 6.09. The van der Waals surface area contributed by atoms with Gasteiger partial charge >= 0.3 is 0 Å². The average molecular weight is 337 g/mol. The molecule has 0 amide bonds. The lowest BCUT2D eigenvalue weighted by atomic mass is 10.00. The van der Waals surface area contributed by atoms with Crippen LogP contribution in [0.25, 0.3) is 0 Å². The molecule has 0 aliphatic rings. The average Bonchev–Trinajstić information content (AvgIpc) is 2.46. The Morgan fingerprint density at radius 2 is 1.84 bits per heavy atom. The van der Waals surface area contributed by atoms with Crippen LogP contribution in [0, 0.1) is 6.92 Å². The molecule has 2 aromatic rings. The van der Waals surface area contributed by atoms with Gasteiger partial charge in [0.25, 0.3) is 0 Å². The Hall–Kier alpha value is -0.930. The first-order valence-corrected chi connectivity index (χ1v) is 8.23. The first kappa shape index (κ1) is 14.5. The number of rotatable bonds is 4. The molecule has 0 aromatic heterocycles. The second-order valence-corrected chi connectivity index (χ2v) is 6.09. The molecule has 0 spiro atoms. The predicted molar refractivity (Wildman–Crippen MR) is 86.7 cm³/mol. The van der Waals surface area contributed by atoms with Crippen molar-refractivity contribution >= 4 is 27.7 Å². The van der Waals surface area contributed by atoms with Gasteiger partial charge in [0.1, 0.15) is 5.75 Å². The quantitative estimate of drug-likeness (QED) is 0.559. The van der Waals surface area contributed by atoms with Gasteiger partial charge in [-0.1, -0.05) is 40.2 Å². The van der Waals surface area contributed by atoms with E-state index in [4.69, 9.17) is 4.74 Å². The molecule has 0 heterocycles. The number of ether oxygens (including phenoxy) is 1. The minimum Gasteiger partial charge on any atom is -0.497 e. The number of methoxy groups -OCH3 is 1. The molecular weight excluding hydrogens is 320 g/mol. The molecule has 0 saturated carbocycles. The zero-order valence-corrected chi connectivity index (χ0v) is 13.7. The maximum absolute atomic E-state index is 5.26. The van der Waals surface area contributed by atoms with Crippen molar-refractivity contribution in [3.63, 3.8) is 0 Å². The molecule has 1 unspecified atom stereocenters. The highest BCUT2D eigenvalue weighted by atomic mass is 79.9. The van der Waals surface area contributed by atoms with Gasteiger partial charge in [0.2, 0.25) is 0 Å². The van der Waals surface area contributed by atoms with Crippen molar-refractivity contribution in [2.45, 2.75) is 16.6 Å². The lowest BCUT2D eigenvalue weighted by Gasteiger charge is -2.17. The van der Waals surface area contributed by atoms with Gasteiger partial charge in [-0.25, -0.2) is 0 Å². The molecule has 0 N–H and O–H groups in total. The molecule has 3 heteroatoms. The van der Waals surface area contributed by atoms with Crippen molar-refractivity contribution in [1.29, 1.82) is 0 Å². The van der Waals surface area contributed by atoms with E-state index in [0.717, 1.165) is 5.75 Å². The van der Waals surface area contributed by atoms with Crippen LogP contribution in [0.4, 0.5) is 0 Å². The lowest BCUT2D eigenvalue weighted by Crippen LogP contribution is -1.98. The first-order chi connectivity index (χ1) is 9.17. The van der Waals surface area contributed by atoms with Crippen LogP contribution in [-0.2, 0) is 0 Å². The summed E-state index contributed by atoms with van der Waals surface area (Å²) in [5.74, 6) is 0.902. The Labute approximate surface area is 127 Å². The Morgan fingerprint density at radius 1 is 1.11 bits per heavy atom. The molecule has 0 aliphatic heterocycles. The number of hydrogen-bond donors (Lipinski definition) is 0. The smallest absolute Gasteiger partial charge is 0.119 e. The summed E-state index contributed by atoms with van der Waals surface area (Å²) >= 11 is 5.61. The lowest BCUT2D eigenvalue weighted by molar-refractivity contribution is 0.414. The minimum absolute atomic E-state index is 0.210. The standard InChI is InChI=1S/C16H17BrOS/c1-11-10-12(18-2)8-9-13(11)16(17)14-6-4-5-7-15(14)19-3/h4-10,16H,1-3H3. The van der Waals surface area contributed by atoms with Gasteiger partial charge in [-0.2, -0.15) is 0 Å². The molecular formula is C16H17BrOS. The van der Waals surface area contributed by atoms with Crippen molar-refractivity contribution in [3.05, 3.63) is 59.2 Å². The van der Waals surface area contributed by atoms with Gasteiger partial charge in [0, 0.05) is 4.90 Å². The SMILES string of the molecule is COc1ccc(C(Br)c2ccccc2SC)c(C)c1. The largest absolute Gasteiger partial charge is 0.497 e. The molecule has 0 bridgehead atoms. The van der Waals surface area contributed by atoms with E-state index in [1.807, 2.05) is 6.07 Å². The summed E-state index contributed by atoms with van der Waals surface area (Å²) in [4.78, 5) is 1.52. The number of hydrogen-bond acceptors (Lipinski definition) is 2. The van der Waals surface area contributed by atoms with E-state index < -0.39 is 0 Å². The molecule has 0 saturated heterocycles. The van der Waals surface area contributed by atoms with E-state index in [1.165, 1.54) is 21.6 Å². The van der Waals surface area contributed by atoms with Crippen LogP contribution in [0.5, 0.6) is 5.75 Å². The fourth-order valence-corrected chi connectivity index (χ4v) is 3.80. The van der Waals surface area contributed by atoms with Crippen molar-refractivity contribution in [1.82, 2.24) is 0 Å². The van der Waals surface area contributed by atoms with E-state index >= 15 is 0 Å². The zero-order chi connectivity index (χ0) is 13.8. The minimum atomic E-state index is 0.210. The molecule has 1 nitrogen and oxygen atoms in total. The summed E-state index contributed by atoms with van der Waals surface area (Å²) in [6.45, 7) is 2.12. The third-order valence-electron chi connectivity index (χ3n) is 3.16. The van der Waals surface area contributed by atoms with Gasteiger partial charge in [0.15, 0.2) is 0 Å². The summed E-state index contributed by atoms with van der Waals surface area (Å²) < 4.78 is 5.26. The summed E-state index contributed by atoms with van der Waals surface area (Å²) in [7, 11) is 1.70. The maximum Gasteiger partial charge on any atom is 0.119 e. The van der Waals surface area contributed by atoms with E-state index in [2.05, 4.69) is 65.5 Å². The summed E-state index contributed by atoms with van der Waals surface area (Å²) in [5, 5.41) is 0. The van der Waals surface area contributed by atoms with Crippen LogP contribution < -0.4 is 4.74 Å². The van der Waals surface area contributed by atoms with Crippen LogP contribution in [0.1, 0.15) is 21.5 Å². The summed E-state index contributed by atoms with van der Waals surface area (Å²) in [6, 6.07) is 14.7. The van der Waals surface area contributed by atoms with E-state index in [-0.39, 0.29) is 4.83 Å². The summed E-state index contributed by atoms with van der Waals surface area (Å²) in [5.41, 5.74) is 3.82. The maximum atomic E-state index is 5.26. The number of alkyl halides is 1. The van der Waals surface area contributed by atoms with Gasteiger partial charge in [-0.05, 0) is 48.1 Å². The molecule has 0 aliphatic carbocycles. The van der Waals surface area contributed by atoms with Crippen molar-refractivity contribution in [2.24, 2.45) is 0 Å². The molecule has 2 rings (SSSR count). The van der Waals surface area contributed by atoms with Gasteiger partial charge in [-0.15, -0.1) is 11.8 Å². The van der Waals surface area contributed by atoms with Crippen molar-refractivity contribution in [2.75, 3.05) is 13.4 Å². The monoisotopic (exact) mass is 336 g/mol. The number of benzene rings is 2. The normalized spacial score (nSPS) is 12.2. The molecule has 0 radical (unpaired) electrons. The molecule has 19 heavy (non-hydrogen) atoms. The molecule has 1 atom stereocenters. The van der Waals surface area contributed by atoms with Gasteiger partial charge in [0.05, 0.1) is 11.9 Å². The zero-order valence-electron chi connectivity index (χ0n) is 11.3. The van der Waals surface area contributed by atoms with Gasteiger partial charge in [-0.3, -0.25) is 0 Å². The topological polar surface area (TPSA) is 9.23 Å². The third-order valence-corrected chi connectivity index (χ3v) is 4.96. The Kier molecular flexibility index (Phi) is 4.94. The van der Waals surface area contributed by atoms with E-state index in [0.29, 0.717) is 0 Å². The number of thioether (sulfide) groups is 1. The highest BCUT2D eigenvalue weighted by Crippen LogP contribution is 2.38. The third kappa shape index (κ3) is 3.15. The second kappa shape index (κ2) is 6.49. The fraction of sp³-hybridized carbons (Fsp3) is 0.250. The highest BCUT2D eigenvalue weighted by molar-refractivity contribution is 9.09. The fourth-order valence-electron chi connectivity index (χ4n) is 2.10. The molecule has 2 aromatic carbocycles. The van der Waals surface area contributed by atoms with Crippen LogP contribution >= 0.6 is 27.7 Å². The van der Waals surface area contributed by atoms with Crippen molar-refractivity contribution in [3.8, 4) is 5.75 Å². The van der Waals surface area contributed by atoms with Crippen LogP contribution in [0.2, 0.25) is 0 Å². The number of halogens is 1. The van der Waals surface area contributed by atoms with Crippen molar-refractivity contribution < 1.29 is 4.74 Å². The Morgan fingerprint density at radius 3 is 2.47 bits per heavy atom. The van der Waals surface area contributed by atoms with Crippen LogP contribution in [0.15, 0.2) is 47.4 Å². The second-order valence-electron chi connectivity index (χ2n) is 4.33. The summed E-state index contributed by atoms with van der Waals surface area (Å²) in [6.07, 6.45) is 2.11. The number of aryl methyl sites for hydroxylation is 1. The van der Waals surface area contributed by atoms with E-state index in [1.54, 1.807) is 18.9 Å². The Balaban J connectivity index is 2.41. The van der Waals surface area contributed by atoms with Gasteiger partial charge < -0.3 is 4.74 Å². The molecule has 100 valence electrons. The predicted octanol–water partition coefficient (Wildman–Crippen LogP) is 5.21. The van der Waals surface area contributed by atoms with Crippen LogP contribution in [-0.4, -0.2) is 13.4 Å².